The van der Waals surface area contributed by atoms with Crippen molar-refractivity contribution in [3.63, 3.8) is 0 Å². The van der Waals surface area contributed by atoms with E-state index in [-0.39, 0.29) is 11.9 Å². The average molecular weight is 470 g/mol. The van der Waals surface area contributed by atoms with Crippen LogP contribution in [0.2, 0.25) is 0 Å². The van der Waals surface area contributed by atoms with Gasteiger partial charge in [0, 0.05) is 68.3 Å². The molecule has 176 valence electrons. The van der Waals surface area contributed by atoms with Crippen LogP contribution in [0.1, 0.15) is 37.4 Å². The fourth-order valence-corrected chi connectivity index (χ4v) is 5.91. The molecule has 8 heteroatoms. The van der Waals surface area contributed by atoms with E-state index in [4.69, 9.17) is 4.98 Å². The van der Waals surface area contributed by atoms with Crippen LogP contribution in [-0.2, 0) is 13.0 Å². The van der Waals surface area contributed by atoms with Gasteiger partial charge in [-0.25, -0.2) is 9.37 Å². The van der Waals surface area contributed by atoms with Gasteiger partial charge in [0.25, 0.3) is 0 Å². The van der Waals surface area contributed by atoms with Gasteiger partial charge in [0.15, 0.2) is 5.13 Å². The maximum atomic E-state index is 14.9. The molecule has 1 N–H and O–H groups in total. The van der Waals surface area contributed by atoms with Crippen molar-refractivity contribution < 1.29 is 9.50 Å². The third-order valence-corrected chi connectivity index (χ3v) is 7.79. The minimum Gasteiger partial charge on any atom is -0.393 e. The number of thiazole rings is 1. The quantitative estimate of drug-likeness (QED) is 0.608. The van der Waals surface area contributed by atoms with Gasteiger partial charge in [-0.3, -0.25) is 9.88 Å². The van der Waals surface area contributed by atoms with E-state index < -0.39 is 0 Å². The zero-order chi connectivity index (χ0) is 22.8. The monoisotopic (exact) mass is 469 g/mol. The van der Waals surface area contributed by atoms with Gasteiger partial charge in [-0.05, 0) is 37.8 Å². The molecule has 0 atom stereocenters. The van der Waals surface area contributed by atoms with Gasteiger partial charge in [0.1, 0.15) is 5.82 Å². The number of hydrogen-bond donors (Lipinski definition) is 1. The predicted octanol–water partition coefficient (Wildman–Crippen LogP) is 4.07. The molecule has 6 nitrogen and oxygen atoms in total. The van der Waals surface area contributed by atoms with Gasteiger partial charge in [0.2, 0.25) is 0 Å². The number of rotatable bonds is 5. The Morgan fingerprint density at radius 1 is 1.12 bits per heavy atom. The highest BCUT2D eigenvalue weighted by Crippen LogP contribution is 2.33. The van der Waals surface area contributed by atoms with Gasteiger partial charge >= 0.3 is 0 Å². The summed E-state index contributed by atoms with van der Waals surface area (Å²) in [7, 11) is 0. The molecule has 1 aromatic carbocycles. The first-order chi connectivity index (χ1) is 16.1. The summed E-state index contributed by atoms with van der Waals surface area (Å²) in [6, 6.07) is 5.44. The fraction of sp³-hybridized carbons (Fsp3) is 0.520. The lowest BCUT2D eigenvalue weighted by atomic mass is 10.0. The first kappa shape index (κ1) is 22.5. The van der Waals surface area contributed by atoms with Crippen molar-refractivity contribution in [1.82, 2.24) is 14.9 Å². The standard InChI is InChI=1S/C25H32FN5OS/c1-2-21-22(26)15-18-5-3-8-27-23(18)24(21)30-10-4-9-29(13-14-30)16-19-17-33-25(28-19)31-11-6-20(32)7-12-31/h3,5,8,15,17,20,32H,2,4,6-7,9-14,16H2,1H3. The van der Waals surface area contributed by atoms with Crippen molar-refractivity contribution in [3.8, 4) is 0 Å². The van der Waals surface area contributed by atoms with Crippen LogP contribution >= 0.6 is 11.3 Å². The molecular formula is C25H32FN5OS. The maximum absolute atomic E-state index is 14.9. The molecule has 2 aromatic heterocycles. The third-order valence-electron chi connectivity index (χ3n) is 6.84. The highest BCUT2D eigenvalue weighted by Gasteiger charge is 2.23. The Labute approximate surface area is 198 Å². The molecule has 2 aliphatic rings. The smallest absolute Gasteiger partial charge is 0.185 e. The SMILES string of the molecule is CCc1c(F)cc2cccnc2c1N1CCCN(Cc2csc(N3CCC(O)CC3)n2)CC1. The number of nitrogens with zero attached hydrogens (tertiary/aromatic N) is 5. The highest BCUT2D eigenvalue weighted by molar-refractivity contribution is 7.13. The number of pyridine rings is 1. The lowest BCUT2D eigenvalue weighted by Crippen LogP contribution is -2.35. The third kappa shape index (κ3) is 4.83. The number of benzene rings is 1. The molecule has 2 saturated heterocycles. The molecule has 4 heterocycles. The van der Waals surface area contributed by atoms with Crippen LogP contribution < -0.4 is 9.80 Å². The summed E-state index contributed by atoms with van der Waals surface area (Å²) >= 11 is 1.70. The van der Waals surface area contributed by atoms with Crippen LogP contribution in [0, 0.1) is 5.82 Å². The van der Waals surface area contributed by atoms with Crippen LogP contribution in [0.3, 0.4) is 0 Å². The van der Waals surface area contributed by atoms with E-state index in [9.17, 15) is 9.50 Å². The Kier molecular flexibility index (Phi) is 6.76. The second-order valence-corrected chi connectivity index (χ2v) is 9.91. The molecule has 33 heavy (non-hydrogen) atoms. The first-order valence-electron chi connectivity index (χ1n) is 12.0. The van der Waals surface area contributed by atoms with Crippen LogP contribution in [0.25, 0.3) is 10.9 Å². The van der Waals surface area contributed by atoms with E-state index in [0.29, 0.717) is 6.42 Å². The lowest BCUT2D eigenvalue weighted by Gasteiger charge is -2.29. The summed E-state index contributed by atoms with van der Waals surface area (Å²) in [5, 5.41) is 13.9. The van der Waals surface area contributed by atoms with Crippen molar-refractivity contribution in [3.05, 3.63) is 46.9 Å². The second-order valence-electron chi connectivity index (χ2n) is 9.07. The zero-order valence-electron chi connectivity index (χ0n) is 19.2. The van der Waals surface area contributed by atoms with E-state index in [1.54, 1.807) is 23.6 Å². The number of halogens is 1. The predicted molar refractivity (Wildman–Crippen MR) is 133 cm³/mol. The van der Waals surface area contributed by atoms with Gasteiger partial charge in [0.05, 0.1) is 23.0 Å². The second kappa shape index (κ2) is 9.91. The van der Waals surface area contributed by atoms with E-state index in [1.165, 1.54) is 0 Å². The molecule has 2 aliphatic heterocycles. The number of aromatic nitrogens is 2. The summed E-state index contributed by atoms with van der Waals surface area (Å²) in [5.74, 6) is -0.130. The molecule has 3 aromatic rings. The van der Waals surface area contributed by atoms with Crippen molar-refractivity contribution in [1.29, 1.82) is 0 Å². The number of anilines is 2. The minimum absolute atomic E-state index is 0.130. The maximum Gasteiger partial charge on any atom is 0.185 e. The molecule has 0 radical (unpaired) electrons. The number of aliphatic hydroxyl groups is 1. The van der Waals surface area contributed by atoms with E-state index >= 15 is 0 Å². The lowest BCUT2D eigenvalue weighted by molar-refractivity contribution is 0.145. The molecule has 0 amide bonds. The normalized spacial score (nSPS) is 18.8. The van der Waals surface area contributed by atoms with Crippen molar-refractivity contribution in [2.75, 3.05) is 49.1 Å². The zero-order valence-corrected chi connectivity index (χ0v) is 20.0. The van der Waals surface area contributed by atoms with Crippen molar-refractivity contribution in [2.45, 2.75) is 45.3 Å². The van der Waals surface area contributed by atoms with Crippen molar-refractivity contribution in [2.24, 2.45) is 0 Å². The van der Waals surface area contributed by atoms with Gasteiger partial charge in [-0.1, -0.05) is 13.0 Å². The minimum atomic E-state index is -0.167. The van der Waals surface area contributed by atoms with E-state index in [0.717, 1.165) is 98.1 Å². The molecule has 0 aliphatic carbocycles. The van der Waals surface area contributed by atoms with Gasteiger partial charge < -0.3 is 14.9 Å². The van der Waals surface area contributed by atoms with E-state index in [1.807, 2.05) is 19.1 Å². The average Bonchev–Trinajstić information content (AvgIpc) is 3.17. The van der Waals surface area contributed by atoms with Crippen LogP contribution in [-0.4, -0.2) is 65.3 Å². The Morgan fingerprint density at radius 3 is 2.79 bits per heavy atom. The van der Waals surface area contributed by atoms with E-state index in [2.05, 4.69) is 25.1 Å². The number of piperidine rings is 1. The Hall–Kier alpha value is -2.29. The largest absolute Gasteiger partial charge is 0.393 e. The summed E-state index contributed by atoms with van der Waals surface area (Å²) in [5.41, 5.74) is 3.75. The number of hydrogen-bond acceptors (Lipinski definition) is 7. The molecule has 5 rings (SSSR count). The Morgan fingerprint density at radius 2 is 1.97 bits per heavy atom. The molecule has 0 bridgehead atoms. The highest BCUT2D eigenvalue weighted by atomic mass is 32.1. The summed E-state index contributed by atoms with van der Waals surface area (Å²) in [6.07, 6.45) is 4.95. The molecule has 0 saturated carbocycles. The molecular weight excluding hydrogens is 437 g/mol. The summed E-state index contributed by atoms with van der Waals surface area (Å²) in [4.78, 5) is 16.6. The molecule has 0 spiro atoms. The van der Waals surface area contributed by atoms with Crippen LogP contribution in [0.5, 0.6) is 0 Å². The van der Waals surface area contributed by atoms with Gasteiger partial charge in [-0.2, -0.15) is 0 Å². The Balaban J connectivity index is 1.29. The topological polar surface area (TPSA) is 55.7 Å². The summed E-state index contributed by atoms with van der Waals surface area (Å²) in [6.45, 7) is 8.27. The number of fused-ring (bicyclic) bond motifs is 1. The molecule has 0 unspecified atom stereocenters. The first-order valence-corrected chi connectivity index (χ1v) is 12.9. The van der Waals surface area contributed by atoms with Gasteiger partial charge in [-0.15, -0.1) is 11.3 Å². The fourth-order valence-electron chi connectivity index (χ4n) is 5.04. The van der Waals surface area contributed by atoms with Crippen LogP contribution in [0.15, 0.2) is 29.8 Å². The Bertz CT molecular complexity index is 1100. The van der Waals surface area contributed by atoms with Crippen molar-refractivity contribution >= 4 is 33.1 Å². The molecule has 2 fully saturated rings. The summed E-state index contributed by atoms with van der Waals surface area (Å²) < 4.78 is 14.9. The number of aliphatic hydroxyl groups excluding tert-OH is 1. The van der Waals surface area contributed by atoms with Crippen LogP contribution in [0.4, 0.5) is 15.2 Å².